The summed E-state index contributed by atoms with van der Waals surface area (Å²) in [6, 6.07) is 13.6. The van der Waals surface area contributed by atoms with Crippen molar-refractivity contribution < 1.29 is 14.5 Å². The predicted octanol–water partition coefficient (Wildman–Crippen LogP) is 3.47. The summed E-state index contributed by atoms with van der Waals surface area (Å²) in [6.45, 7) is 1.98. The Morgan fingerprint density at radius 3 is 2.73 bits per heavy atom. The van der Waals surface area contributed by atoms with Crippen molar-refractivity contribution in [1.82, 2.24) is 5.43 Å². The van der Waals surface area contributed by atoms with E-state index >= 15 is 0 Å². The zero-order chi connectivity index (χ0) is 18.8. The third-order valence-corrected chi connectivity index (χ3v) is 3.60. The summed E-state index contributed by atoms with van der Waals surface area (Å²) in [4.78, 5) is 21.9. The molecule has 0 radical (unpaired) electrons. The van der Waals surface area contributed by atoms with Gasteiger partial charge in [-0.1, -0.05) is 37.6 Å². The molecule has 0 unspecified atom stereocenters. The van der Waals surface area contributed by atoms with E-state index in [2.05, 4.69) is 17.5 Å². The molecule has 0 heterocycles. The first-order valence-electron chi connectivity index (χ1n) is 8.36. The number of nitrogens with one attached hydrogen (secondary N) is 1. The predicted molar refractivity (Wildman–Crippen MR) is 99.4 cm³/mol. The minimum absolute atomic E-state index is 0.0361. The average molecular weight is 355 g/mol. The first-order chi connectivity index (χ1) is 12.6. The van der Waals surface area contributed by atoms with Gasteiger partial charge in [-0.3, -0.25) is 14.9 Å². The van der Waals surface area contributed by atoms with Gasteiger partial charge in [-0.2, -0.15) is 5.10 Å². The van der Waals surface area contributed by atoms with Crippen LogP contribution in [0.1, 0.15) is 30.9 Å². The smallest absolute Gasteiger partial charge is 0.277 e. The van der Waals surface area contributed by atoms with Crippen molar-refractivity contribution in [2.45, 2.75) is 26.2 Å². The highest BCUT2D eigenvalue weighted by Crippen LogP contribution is 2.14. The summed E-state index contributed by atoms with van der Waals surface area (Å²) in [5.41, 5.74) is 4.05. The number of amides is 1. The van der Waals surface area contributed by atoms with E-state index in [0.717, 1.165) is 19.3 Å². The van der Waals surface area contributed by atoms with Crippen molar-refractivity contribution in [3.8, 4) is 5.75 Å². The fourth-order valence-corrected chi connectivity index (χ4v) is 2.21. The number of hydrogen-bond acceptors (Lipinski definition) is 5. The van der Waals surface area contributed by atoms with E-state index in [-0.39, 0.29) is 12.3 Å². The number of benzene rings is 2. The highest BCUT2D eigenvalue weighted by Gasteiger charge is 2.05. The molecule has 2 aromatic carbocycles. The van der Waals surface area contributed by atoms with Gasteiger partial charge in [0.1, 0.15) is 5.75 Å². The summed E-state index contributed by atoms with van der Waals surface area (Å²) in [5.74, 6) is 0.199. The Hall–Kier alpha value is -3.22. The zero-order valence-electron chi connectivity index (χ0n) is 14.6. The molecule has 2 rings (SSSR count). The molecular weight excluding hydrogens is 334 g/mol. The number of hydrogen-bond donors (Lipinski definition) is 1. The molecule has 0 aromatic heterocycles. The maximum Gasteiger partial charge on any atom is 0.277 e. The molecule has 0 atom stereocenters. The molecule has 1 amide bonds. The number of ether oxygens (including phenoxy) is 1. The maximum absolute atomic E-state index is 11.7. The first-order valence-corrected chi connectivity index (χ1v) is 8.36. The third-order valence-electron chi connectivity index (χ3n) is 3.60. The van der Waals surface area contributed by atoms with Crippen LogP contribution in [0.15, 0.2) is 53.6 Å². The second-order valence-electron chi connectivity index (χ2n) is 5.68. The Balaban J connectivity index is 1.78. The van der Waals surface area contributed by atoms with E-state index in [0.29, 0.717) is 11.3 Å². The second-order valence-corrected chi connectivity index (χ2v) is 5.68. The molecule has 0 aliphatic rings. The zero-order valence-corrected chi connectivity index (χ0v) is 14.6. The van der Waals surface area contributed by atoms with Crippen LogP contribution < -0.4 is 10.2 Å². The molecule has 7 heteroatoms. The maximum atomic E-state index is 11.7. The lowest BCUT2D eigenvalue weighted by Crippen LogP contribution is -2.24. The summed E-state index contributed by atoms with van der Waals surface area (Å²) >= 11 is 0. The van der Waals surface area contributed by atoms with Crippen LogP contribution in [0, 0.1) is 10.1 Å². The lowest BCUT2D eigenvalue weighted by Gasteiger charge is -2.06. The summed E-state index contributed by atoms with van der Waals surface area (Å²) in [5, 5.41) is 14.5. The van der Waals surface area contributed by atoms with Gasteiger partial charge in [-0.25, -0.2) is 5.43 Å². The number of hydrazone groups is 1. The van der Waals surface area contributed by atoms with Gasteiger partial charge in [0.25, 0.3) is 11.6 Å². The molecule has 1 N–H and O–H groups in total. The molecule has 0 saturated carbocycles. The van der Waals surface area contributed by atoms with E-state index in [1.54, 1.807) is 12.1 Å². The fraction of sp³-hybridized carbons (Fsp3) is 0.263. The van der Waals surface area contributed by atoms with Gasteiger partial charge in [0.15, 0.2) is 6.61 Å². The van der Waals surface area contributed by atoms with Crippen LogP contribution in [0.5, 0.6) is 5.75 Å². The molecule has 0 bridgehead atoms. The number of non-ortho nitro benzene ring substituents is 1. The number of carbonyl (C=O) groups is 1. The van der Waals surface area contributed by atoms with Gasteiger partial charge in [0, 0.05) is 17.7 Å². The molecule has 0 fully saturated rings. The van der Waals surface area contributed by atoms with E-state index in [4.69, 9.17) is 4.74 Å². The summed E-state index contributed by atoms with van der Waals surface area (Å²) in [7, 11) is 0. The second kappa shape index (κ2) is 9.93. The molecule has 26 heavy (non-hydrogen) atoms. The molecular formula is C19H21N3O4. The summed E-state index contributed by atoms with van der Waals surface area (Å²) < 4.78 is 5.41. The Kier molecular flexibility index (Phi) is 7.30. The normalized spacial score (nSPS) is 10.7. The van der Waals surface area contributed by atoms with Gasteiger partial charge in [-0.15, -0.1) is 0 Å². The van der Waals surface area contributed by atoms with Crippen LogP contribution in [0.4, 0.5) is 5.69 Å². The lowest BCUT2D eigenvalue weighted by atomic mass is 10.1. The van der Waals surface area contributed by atoms with E-state index in [9.17, 15) is 14.9 Å². The Morgan fingerprint density at radius 2 is 2.04 bits per heavy atom. The highest BCUT2D eigenvalue weighted by atomic mass is 16.6. The van der Waals surface area contributed by atoms with Crippen molar-refractivity contribution in [3.63, 3.8) is 0 Å². The summed E-state index contributed by atoms with van der Waals surface area (Å²) in [6.07, 6.45) is 4.66. The molecule has 0 spiro atoms. The van der Waals surface area contributed by atoms with Crippen molar-refractivity contribution in [1.29, 1.82) is 0 Å². The Labute approximate surface area is 151 Å². The van der Waals surface area contributed by atoms with Crippen LogP contribution >= 0.6 is 0 Å². The molecule has 7 nitrogen and oxygen atoms in total. The van der Waals surface area contributed by atoms with Gasteiger partial charge >= 0.3 is 0 Å². The van der Waals surface area contributed by atoms with E-state index < -0.39 is 10.8 Å². The number of aryl methyl sites for hydroxylation is 1. The van der Waals surface area contributed by atoms with Crippen LogP contribution in [-0.4, -0.2) is 23.7 Å². The van der Waals surface area contributed by atoms with Crippen molar-refractivity contribution in [2.24, 2.45) is 5.10 Å². The number of carbonyl (C=O) groups excluding carboxylic acids is 1. The van der Waals surface area contributed by atoms with Gasteiger partial charge in [0.2, 0.25) is 0 Å². The van der Waals surface area contributed by atoms with Crippen LogP contribution in [0.3, 0.4) is 0 Å². The third kappa shape index (κ3) is 6.35. The monoisotopic (exact) mass is 355 g/mol. The quantitative estimate of drug-likeness (QED) is 0.423. The average Bonchev–Trinajstić information content (AvgIpc) is 2.65. The van der Waals surface area contributed by atoms with Crippen LogP contribution in [0.2, 0.25) is 0 Å². The van der Waals surface area contributed by atoms with Gasteiger partial charge < -0.3 is 4.74 Å². The first kappa shape index (κ1) is 19.1. The molecule has 0 aliphatic heterocycles. The SMILES string of the molecule is CCCCc1ccc(OCC(=O)N/N=C\c2cccc([N+](=O)[O-])c2)cc1. The Morgan fingerprint density at radius 1 is 1.27 bits per heavy atom. The largest absolute Gasteiger partial charge is 0.484 e. The van der Waals surface area contributed by atoms with Crippen LogP contribution in [-0.2, 0) is 11.2 Å². The van der Waals surface area contributed by atoms with E-state index in [1.807, 2.05) is 24.3 Å². The van der Waals surface area contributed by atoms with Crippen LogP contribution in [0.25, 0.3) is 0 Å². The molecule has 136 valence electrons. The number of rotatable bonds is 9. The van der Waals surface area contributed by atoms with Gasteiger partial charge in [0.05, 0.1) is 11.1 Å². The molecule has 0 aliphatic carbocycles. The van der Waals surface area contributed by atoms with E-state index in [1.165, 1.54) is 23.9 Å². The van der Waals surface area contributed by atoms with Crippen molar-refractivity contribution >= 4 is 17.8 Å². The lowest BCUT2D eigenvalue weighted by molar-refractivity contribution is -0.384. The molecule has 0 saturated heterocycles. The van der Waals surface area contributed by atoms with Crippen molar-refractivity contribution in [2.75, 3.05) is 6.61 Å². The minimum Gasteiger partial charge on any atom is -0.484 e. The standard InChI is InChI=1S/C19H21N3O4/c1-2-3-5-15-8-10-18(11-9-15)26-14-19(23)21-20-13-16-6-4-7-17(12-16)22(24)25/h4,6-13H,2-3,5,14H2,1H3,(H,21,23)/b20-13-. The minimum atomic E-state index is -0.489. The topological polar surface area (TPSA) is 93.8 Å². The number of unbranched alkanes of at least 4 members (excludes halogenated alkanes) is 1. The Bertz CT molecular complexity index is 773. The number of nitro groups is 1. The van der Waals surface area contributed by atoms with Gasteiger partial charge in [-0.05, 0) is 30.5 Å². The fourth-order valence-electron chi connectivity index (χ4n) is 2.21. The number of nitro benzene ring substituents is 1. The highest BCUT2D eigenvalue weighted by molar-refractivity contribution is 5.83. The molecule has 2 aromatic rings. The van der Waals surface area contributed by atoms with Crippen molar-refractivity contribution in [3.05, 3.63) is 69.8 Å². The number of nitrogens with zero attached hydrogens (tertiary/aromatic N) is 2.